The van der Waals surface area contributed by atoms with E-state index in [1.807, 2.05) is 13.1 Å². The lowest BCUT2D eigenvalue weighted by Gasteiger charge is -2.37. The number of rotatable bonds is 3. The summed E-state index contributed by atoms with van der Waals surface area (Å²) in [5, 5.41) is 0. The molecule has 3 heterocycles. The molecule has 2 aromatic rings. The third kappa shape index (κ3) is 3.22. The Hall–Kier alpha value is -1.39. The maximum absolute atomic E-state index is 4.45. The van der Waals surface area contributed by atoms with Gasteiger partial charge in [-0.15, -0.1) is 0 Å². The number of hydrogen-bond donors (Lipinski definition) is 0. The quantitative estimate of drug-likeness (QED) is 0.766. The van der Waals surface area contributed by atoms with Gasteiger partial charge in [-0.3, -0.25) is 4.98 Å². The topological polar surface area (TPSA) is 19.4 Å². The molecule has 2 aliphatic rings. The number of pyridine rings is 1. The molecule has 2 unspecified atom stereocenters. The molecule has 1 fully saturated rings. The zero-order valence-corrected chi connectivity index (χ0v) is 16.9. The summed E-state index contributed by atoms with van der Waals surface area (Å²) >= 11 is 3.86. The number of aromatic nitrogens is 1. The van der Waals surface area contributed by atoms with Gasteiger partial charge in [0.1, 0.15) is 0 Å². The highest BCUT2D eigenvalue weighted by molar-refractivity contribution is 9.10. The summed E-state index contributed by atoms with van der Waals surface area (Å²) in [5.41, 5.74) is 6.72. The Morgan fingerprint density at radius 2 is 2.08 bits per heavy atom. The van der Waals surface area contributed by atoms with Crippen molar-refractivity contribution in [1.82, 2.24) is 9.88 Å². The van der Waals surface area contributed by atoms with E-state index >= 15 is 0 Å². The van der Waals surface area contributed by atoms with E-state index in [0.717, 1.165) is 25.2 Å². The van der Waals surface area contributed by atoms with E-state index in [4.69, 9.17) is 0 Å². The average molecular weight is 400 g/mol. The molecule has 4 heteroatoms. The van der Waals surface area contributed by atoms with E-state index in [1.54, 1.807) is 0 Å². The van der Waals surface area contributed by atoms with Crippen LogP contribution < -0.4 is 4.90 Å². The SMILES string of the molecule is Cc1cc(Br)c2c(c1)C1CN(C)CCC1N2CCc1ccc(C)nc1. The van der Waals surface area contributed by atoms with E-state index < -0.39 is 0 Å². The first-order valence-electron chi connectivity index (χ1n) is 9.19. The third-order valence-corrected chi connectivity index (χ3v) is 6.32. The molecule has 1 aromatic heterocycles. The molecule has 1 saturated heterocycles. The summed E-state index contributed by atoms with van der Waals surface area (Å²) in [6, 6.07) is 9.63. The molecule has 1 aromatic carbocycles. The maximum atomic E-state index is 4.45. The van der Waals surface area contributed by atoms with E-state index in [1.165, 1.54) is 39.8 Å². The second-order valence-electron chi connectivity index (χ2n) is 7.66. The highest BCUT2D eigenvalue weighted by Crippen LogP contribution is 2.48. The van der Waals surface area contributed by atoms with Crippen LogP contribution in [0, 0.1) is 13.8 Å². The molecule has 0 radical (unpaired) electrons. The molecule has 2 aliphatic heterocycles. The lowest BCUT2D eigenvalue weighted by molar-refractivity contribution is 0.231. The van der Waals surface area contributed by atoms with Crippen LogP contribution in [-0.4, -0.2) is 42.6 Å². The molecule has 0 spiro atoms. The second kappa shape index (κ2) is 6.73. The molecule has 25 heavy (non-hydrogen) atoms. The molecule has 132 valence electrons. The van der Waals surface area contributed by atoms with Crippen LogP contribution >= 0.6 is 15.9 Å². The van der Waals surface area contributed by atoms with Crippen LogP contribution in [0.15, 0.2) is 34.9 Å². The molecule has 3 nitrogen and oxygen atoms in total. The number of nitrogens with zero attached hydrogens (tertiary/aromatic N) is 3. The first-order chi connectivity index (χ1) is 12.0. The van der Waals surface area contributed by atoms with Crippen molar-refractivity contribution >= 4 is 21.6 Å². The lowest BCUT2D eigenvalue weighted by Crippen LogP contribution is -2.45. The van der Waals surface area contributed by atoms with Gasteiger partial charge in [-0.25, -0.2) is 0 Å². The van der Waals surface area contributed by atoms with Gasteiger partial charge in [0.25, 0.3) is 0 Å². The third-order valence-electron chi connectivity index (χ3n) is 5.72. The van der Waals surface area contributed by atoms with Crippen molar-refractivity contribution in [3.63, 3.8) is 0 Å². The summed E-state index contributed by atoms with van der Waals surface area (Å²) in [5.74, 6) is 0.626. The zero-order valence-electron chi connectivity index (χ0n) is 15.3. The average Bonchev–Trinajstić information content (AvgIpc) is 2.88. The van der Waals surface area contributed by atoms with Crippen molar-refractivity contribution in [1.29, 1.82) is 0 Å². The van der Waals surface area contributed by atoms with Gasteiger partial charge in [0, 0.05) is 41.4 Å². The second-order valence-corrected chi connectivity index (χ2v) is 8.51. The molecule has 0 bridgehead atoms. The summed E-state index contributed by atoms with van der Waals surface area (Å²) in [6.07, 6.45) is 4.32. The number of halogens is 1. The normalized spacial score (nSPS) is 22.8. The molecule has 4 rings (SSSR count). The van der Waals surface area contributed by atoms with Gasteiger partial charge in [-0.2, -0.15) is 0 Å². The Morgan fingerprint density at radius 1 is 1.24 bits per heavy atom. The van der Waals surface area contributed by atoms with E-state index in [0.29, 0.717) is 12.0 Å². The molecular weight excluding hydrogens is 374 g/mol. The van der Waals surface area contributed by atoms with Crippen LogP contribution in [0.4, 0.5) is 5.69 Å². The van der Waals surface area contributed by atoms with Crippen molar-refractivity contribution in [3.8, 4) is 0 Å². The molecule has 0 aliphatic carbocycles. The van der Waals surface area contributed by atoms with Gasteiger partial charge in [-0.1, -0.05) is 12.1 Å². The van der Waals surface area contributed by atoms with E-state index in [-0.39, 0.29) is 0 Å². The summed E-state index contributed by atoms with van der Waals surface area (Å²) in [7, 11) is 2.25. The van der Waals surface area contributed by atoms with Gasteiger partial charge in [0.2, 0.25) is 0 Å². The number of likely N-dealkylation sites (tertiary alicyclic amines) is 1. The van der Waals surface area contributed by atoms with Gasteiger partial charge < -0.3 is 9.80 Å². The van der Waals surface area contributed by atoms with Gasteiger partial charge in [0.15, 0.2) is 0 Å². The van der Waals surface area contributed by atoms with Gasteiger partial charge in [-0.05, 0) is 85.0 Å². The highest BCUT2D eigenvalue weighted by atomic mass is 79.9. The number of likely N-dealkylation sites (N-methyl/N-ethyl adjacent to an activating group) is 1. The van der Waals surface area contributed by atoms with Crippen LogP contribution in [0.25, 0.3) is 0 Å². The smallest absolute Gasteiger partial charge is 0.0550 e. The van der Waals surface area contributed by atoms with Gasteiger partial charge in [0.05, 0.1) is 5.69 Å². The first kappa shape index (κ1) is 17.0. The van der Waals surface area contributed by atoms with Crippen LogP contribution in [-0.2, 0) is 6.42 Å². The number of aryl methyl sites for hydroxylation is 2. The number of anilines is 1. The van der Waals surface area contributed by atoms with Crippen molar-refractivity contribution in [3.05, 3.63) is 57.3 Å². The fourth-order valence-corrected chi connectivity index (χ4v) is 5.29. The first-order valence-corrected chi connectivity index (χ1v) is 9.99. The van der Waals surface area contributed by atoms with Crippen molar-refractivity contribution in [2.45, 2.75) is 38.6 Å². The van der Waals surface area contributed by atoms with Crippen LogP contribution in [0.1, 0.15) is 34.7 Å². The van der Waals surface area contributed by atoms with Crippen LogP contribution in [0.2, 0.25) is 0 Å². The number of piperidine rings is 1. The van der Waals surface area contributed by atoms with Gasteiger partial charge >= 0.3 is 0 Å². The highest BCUT2D eigenvalue weighted by Gasteiger charge is 2.41. The van der Waals surface area contributed by atoms with Crippen molar-refractivity contribution in [2.24, 2.45) is 0 Å². The Bertz CT molecular complexity index is 771. The fraction of sp³-hybridized carbons (Fsp3) is 0.476. The molecular formula is C21H26BrN3. The summed E-state index contributed by atoms with van der Waals surface area (Å²) in [6.45, 7) is 7.66. The van der Waals surface area contributed by atoms with E-state index in [9.17, 15) is 0 Å². The summed E-state index contributed by atoms with van der Waals surface area (Å²) < 4.78 is 1.25. The standard InChI is InChI=1S/C21H26BrN3/c1-14-10-17-18-13-24(3)8-7-20(18)25(21(17)19(22)11-14)9-6-16-5-4-15(2)23-12-16/h4-5,10-12,18,20H,6-9,13H2,1-3H3. The lowest BCUT2D eigenvalue weighted by atomic mass is 9.89. The monoisotopic (exact) mass is 399 g/mol. The minimum atomic E-state index is 0.626. The minimum absolute atomic E-state index is 0.626. The molecule has 0 saturated carbocycles. The zero-order chi connectivity index (χ0) is 17.6. The fourth-order valence-electron chi connectivity index (χ4n) is 4.47. The van der Waals surface area contributed by atoms with Crippen LogP contribution in [0.3, 0.4) is 0 Å². The maximum Gasteiger partial charge on any atom is 0.0550 e. The Kier molecular flexibility index (Phi) is 4.59. The Morgan fingerprint density at radius 3 is 2.84 bits per heavy atom. The largest absolute Gasteiger partial charge is 0.366 e. The number of hydrogen-bond acceptors (Lipinski definition) is 3. The minimum Gasteiger partial charge on any atom is -0.366 e. The Balaban J connectivity index is 1.64. The van der Waals surface area contributed by atoms with Crippen molar-refractivity contribution in [2.75, 3.05) is 31.6 Å². The van der Waals surface area contributed by atoms with Crippen LogP contribution in [0.5, 0.6) is 0 Å². The molecule has 0 amide bonds. The predicted molar refractivity (Wildman–Crippen MR) is 108 cm³/mol. The molecule has 0 N–H and O–H groups in total. The predicted octanol–water partition coefficient (Wildman–Crippen LogP) is 4.31. The van der Waals surface area contributed by atoms with E-state index in [2.05, 4.69) is 69.0 Å². The number of fused-ring (bicyclic) bond motifs is 3. The molecule has 2 atom stereocenters. The number of benzene rings is 1. The summed E-state index contributed by atoms with van der Waals surface area (Å²) in [4.78, 5) is 9.60. The van der Waals surface area contributed by atoms with Crippen molar-refractivity contribution < 1.29 is 0 Å². The Labute approximate surface area is 159 Å².